The fraction of sp³-hybridized carbons (Fsp3) is 0.417. The number of aryl methyl sites for hydroxylation is 2. The molecule has 0 atom stereocenters. The molecule has 0 heterocycles. The van der Waals surface area contributed by atoms with Crippen LogP contribution < -0.4 is 0 Å². The van der Waals surface area contributed by atoms with Gasteiger partial charge in [-0.3, -0.25) is 0 Å². The summed E-state index contributed by atoms with van der Waals surface area (Å²) in [6.45, 7) is 4.39. The molecule has 13 heavy (non-hydrogen) atoms. The molecule has 0 aromatic heterocycles. The van der Waals surface area contributed by atoms with Crippen molar-refractivity contribution in [2.45, 2.75) is 32.6 Å². The van der Waals surface area contributed by atoms with Crippen molar-refractivity contribution >= 4 is 11.8 Å². The lowest BCUT2D eigenvalue weighted by Crippen LogP contribution is -1.88. The molecule has 1 aromatic carbocycles. The van der Waals surface area contributed by atoms with Gasteiger partial charge in [0.2, 0.25) is 0 Å². The van der Waals surface area contributed by atoms with Gasteiger partial charge < -0.3 is 7.43 Å². The molecule has 0 nitrogen and oxygen atoms in total. The first kappa shape index (κ1) is 15.1. The largest absolute Gasteiger partial charge is 0.358 e. The first-order chi connectivity index (χ1) is 5.27. The minimum absolute atomic E-state index is 0. The smallest absolute Gasteiger partial charge is 0.152 e. The molecule has 0 bridgehead atoms. The third-order valence-electron chi connectivity index (χ3n) is 1.97. The Kier molecular flexibility index (Phi) is 8.13. The van der Waals surface area contributed by atoms with E-state index in [2.05, 4.69) is 38.3 Å². The summed E-state index contributed by atoms with van der Waals surface area (Å²) in [4.78, 5) is 1.42. The standard InChI is InChI=1S/C10H14S.CH4.CH3/c1-4-9-5-6-10(11-3)7-8(9)2;;/h5-7H,4H2,1-3H3;1H4;1H3/q;;-1/p+1. The maximum atomic E-state index is 2.28. The Morgan fingerprint density at radius 1 is 1.31 bits per heavy atom. The molecule has 0 amide bonds. The molecule has 0 radical (unpaired) electrons. The van der Waals surface area contributed by atoms with Crippen LogP contribution in [0.3, 0.4) is 0 Å². The third kappa shape index (κ3) is 3.86. The topological polar surface area (TPSA) is 0 Å². The van der Waals surface area contributed by atoms with Crippen LogP contribution in [0.1, 0.15) is 25.5 Å². The van der Waals surface area contributed by atoms with Crippen molar-refractivity contribution in [3.63, 3.8) is 0 Å². The van der Waals surface area contributed by atoms with Gasteiger partial charge in [0.25, 0.3) is 0 Å². The molecule has 1 heteroatoms. The molecule has 1 aromatic rings. The van der Waals surface area contributed by atoms with E-state index >= 15 is 0 Å². The zero-order valence-electron chi connectivity index (χ0n) is 8.39. The zero-order valence-corrected chi connectivity index (χ0v) is 9.28. The van der Waals surface area contributed by atoms with E-state index in [0.29, 0.717) is 0 Å². The van der Waals surface area contributed by atoms with Crippen LogP contribution in [-0.2, 0) is 18.2 Å². The van der Waals surface area contributed by atoms with Gasteiger partial charge in [0, 0.05) is 11.8 Å². The normalized spacial score (nSPS) is 8.54. The molecule has 0 saturated heterocycles. The quantitative estimate of drug-likeness (QED) is 0.388. The predicted molar refractivity (Wildman–Crippen MR) is 66.7 cm³/mol. The molecule has 0 fully saturated rings. The summed E-state index contributed by atoms with van der Waals surface area (Å²) in [5.41, 5.74) is 2.90. The Balaban J connectivity index is 0. The number of benzene rings is 1. The maximum absolute atomic E-state index is 2.28. The molecular formula is C12H22S. The lowest BCUT2D eigenvalue weighted by molar-refractivity contribution is 1.10. The second-order valence-corrected chi connectivity index (χ2v) is 3.65. The van der Waals surface area contributed by atoms with Crippen molar-refractivity contribution in [2.24, 2.45) is 0 Å². The Morgan fingerprint density at radius 2 is 1.92 bits per heavy atom. The van der Waals surface area contributed by atoms with Gasteiger partial charge >= 0.3 is 0 Å². The first-order valence-electron chi connectivity index (χ1n) is 3.97. The van der Waals surface area contributed by atoms with Gasteiger partial charge in [-0.15, -0.1) is 0 Å². The maximum Gasteiger partial charge on any atom is 0.152 e. The van der Waals surface area contributed by atoms with Gasteiger partial charge in [0.05, 0.1) is 0 Å². The van der Waals surface area contributed by atoms with Crippen LogP contribution in [0, 0.1) is 14.4 Å². The average molecular weight is 198 g/mol. The molecule has 0 aliphatic carbocycles. The fourth-order valence-electron chi connectivity index (χ4n) is 1.22. The highest BCUT2D eigenvalue weighted by Gasteiger charge is 2.00. The number of hydrogen-bond acceptors (Lipinski definition) is 0. The first-order valence-corrected chi connectivity index (χ1v) is 5.31. The number of hydrogen-bond donors (Lipinski definition) is 0. The van der Waals surface area contributed by atoms with Crippen molar-refractivity contribution < 1.29 is 0 Å². The molecule has 0 spiro atoms. The van der Waals surface area contributed by atoms with Crippen LogP contribution in [0.5, 0.6) is 0 Å². The molecular weight excluding hydrogens is 176 g/mol. The van der Waals surface area contributed by atoms with E-state index in [1.165, 1.54) is 27.8 Å². The summed E-state index contributed by atoms with van der Waals surface area (Å²) in [6, 6.07) is 6.73. The van der Waals surface area contributed by atoms with E-state index in [0.717, 1.165) is 6.42 Å². The zero-order chi connectivity index (χ0) is 8.27. The number of rotatable bonds is 2. The van der Waals surface area contributed by atoms with Gasteiger partial charge in [0.1, 0.15) is 6.26 Å². The van der Waals surface area contributed by atoms with Crippen LogP contribution >= 0.6 is 0 Å². The lowest BCUT2D eigenvalue weighted by atomic mass is 10.1. The highest BCUT2D eigenvalue weighted by molar-refractivity contribution is 7.77. The van der Waals surface area contributed by atoms with E-state index in [9.17, 15) is 0 Å². The molecule has 0 unspecified atom stereocenters. The van der Waals surface area contributed by atoms with Crippen molar-refractivity contribution in [1.29, 1.82) is 0 Å². The van der Waals surface area contributed by atoms with E-state index in [1.54, 1.807) is 0 Å². The van der Waals surface area contributed by atoms with Gasteiger partial charge in [-0.25, -0.2) is 0 Å². The minimum atomic E-state index is 0. The highest BCUT2D eigenvalue weighted by Crippen LogP contribution is 2.12. The molecule has 0 aliphatic heterocycles. The lowest BCUT2D eigenvalue weighted by Gasteiger charge is -2.00. The Labute approximate surface area is 87.8 Å². The Bertz CT molecular complexity index is 241. The van der Waals surface area contributed by atoms with Gasteiger partial charge in [-0.1, -0.05) is 20.4 Å². The molecule has 0 N–H and O–H groups in total. The van der Waals surface area contributed by atoms with E-state index in [-0.39, 0.29) is 14.9 Å². The van der Waals surface area contributed by atoms with Crippen LogP contribution in [0.25, 0.3) is 0 Å². The van der Waals surface area contributed by atoms with Crippen molar-refractivity contribution in [3.05, 3.63) is 36.8 Å². The summed E-state index contributed by atoms with van der Waals surface area (Å²) < 4.78 is 0. The predicted octanol–water partition coefficient (Wildman–Crippen LogP) is 3.45. The Morgan fingerprint density at radius 3 is 2.31 bits per heavy atom. The second-order valence-electron chi connectivity index (χ2n) is 2.69. The van der Waals surface area contributed by atoms with E-state index in [1.807, 2.05) is 0 Å². The van der Waals surface area contributed by atoms with E-state index in [4.69, 9.17) is 0 Å². The van der Waals surface area contributed by atoms with Gasteiger partial charge in [-0.2, -0.15) is 0 Å². The monoisotopic (exact) mass is 198 g/mol. The summed E-state index contributed by atoms with van der Waals surface area (Å²) in [6.07, 6.45) is 3.31. The minimum Gasteiger partial charge on any atom is -0.358 e. The van der Waals surface area contributed by atoms with Crippen LogP contribution in [0.15, 0.2) is 23.1 Å². The third-order valence-corrected chi connectivity index (χ3v) is 2.76. The molecule has 0 aliphatic rings. The number of thiol groups is 1. The van der Waals surface area contributed by atoms with Gasteiger partial charge in [0.15, 0.2) is 4.90 Å². The van der Waals surface area contributed by atoms with Crippen molar-refractivity contribution in [3.8, 4) is 0 Å². The van der Waals surface area contributed by atoms with Crippen LogP contribution in [0.2, 0.25) is 0 Å². The summed E-state index contributed by atoms with van der Waals surface area (Å²) in [7, 11) is 0. The van der Waals surface area contributed by atoms with Crippen molar-refractivity contribution in [2.75, 3.05) is 6.26 Å². The average Bonchev–Trinajstić information content (AvgIpc) is 2.04. The highest BCUT2D eigenvalue weighted by atomic mass is 32.2. The fourth-order valence-corrected chi connectivity index (χ4v) is 1.76. The van der Waals surface area contributed by atoms with Crippen molar-refractivity contribution in [1.82, 2.24) is 0 Å². The SMILES string of the molecule is C.CCc1ccc([SH+]C)cc1C.[CH3-]. The molecule has 76 valence electrons. The van der Waals surface area contributed by atoms with Crippen LogP contribution in [0.4, 0.5) is 0 Å². The second kappa shape index (κ2) is 7.02. The van der Waals surface area contributed by atoms with Gasteiger partial charge in [-0.05, 0) is 36.6 Å². The molecule has 1 rings (SSSR count). The summed E-state index contributed by atoms with van der Waals surface area (Å²) in [5.74, 6) is 0. The molecule has 0 saturated carbocycles. The van der Waals surface area contributed by atoms with Crippen LogP contribution in [-0.4, -0.2) is 6.26 Å². The summed E-state index contributed by atoms with van der Waals surface area (Å²) in [5, 5.41) is 0. The Hall–Kier alpha value is -0.430. The van der Waals surface area contributed by atoms with E-state index < -0.39 is 0 Å². The summed E-state index contributed by atoms with van der Waals surface area (Å²) >= 11 is 1.36.